The first kappa shape index (κ1) is 24.2. The zero-order valence-corrected chi connectivity index (χ0v) is 18.9. The molecule has 2 aromatic rings. The van der Waals surface area contributed by atoms with Crippen LogP contribution in [0.25, 0.3) is 0 Å². The maximum Gasteiger partial charge on any atom is 0.416 e. The lowest BCUT2D eigenvalue weighted by atomic mass is 9.94. The number of halogens is 3. The number of sulfonamides is 1. The van der Waals surface area contributed by atoms with Crippen molar-refractivity contribution < 1.29 is 31.1 Å². The van der Waals surface area contributed by atoms with Crippen LogP contribution in [0.4, 0.5) is 13.2 Å². The second kappa shape index (κ2) is 9.22. The van der Waals surface area contributed by atoms with Crippen LogP contribution in [0.5, 0.6) is 0 Å². The summed E-state index contributed by atoms with van der Waals surface area (Å²) < 4.78 is 75.1. The Bertz CT molecular complexity index is 1090. The molecule has 0 amide bonds. The molecule has 7 nitrogen and oxygen atoms in total. The van der Waals surface area contributed by atoms with Crippen LogP contribution in [-0.4, -0.2) is 30.8 Å². The molecule has 176 valence electrons. The molecule has 0 spiro atoms. The number of ether oxygens (including phenoxy) is 1. The Morgan fingerprint density at radius 1 is 1.31 bits per heavy atom. The molecule has 0 saturated heterocycles. The van der Waals surface area contributed by atoms with Crippen LogP contribution in [0.1, 0.15) is 68.0 Å². The summed E-state index contributed by atoms with van der Waals surface area (Å²) in [6, 6.07) is 2.25. The number of rotatable bonds is 7. The van der Waals surface area contributed by atoms with Crippen molar-refractivity contribution in [3.63, 3.8) is 0 Å². The van der Waals surface area contributed by atoms with Gasteiger partial charge in [0.15, 0.2) is 0 Å². The first-order valence-corrected chi connectivity index (χ1v) is 11.9. The van der Waals surface area contributed by atoms with Gasteiger partial charge in [0.1, 0.15) is 6.54 Å². The molecule has 0 aliphatic heterocycles. The van der Waals surface area contributed by atoms with Crippen molar-refractivity contribution in [2.24, 2.45) is 0 Å². The number of esters is 1. The van der Waals surface area contributed by atoms with E-state index in [1.807, 2.05) is 0 Å². The predicted molar refractivity (Wildman–Crippen MR) is 110 cm³/mol. The quantitative estimate of drug-likeness (QED) is 0.615. The third-order valence-corrected chi connectivity index (χ3v) is 6.83. The molecule has 0 unspecified atom stereocenters. The molecule has 1 aliphatic rings. The van der Waals surface area contributed by atoms with Crippen LogP contribution in [0, 0.1) is 0 Å². The summed E-state index contributed by atoms with van der Waals surface area (Å²) in [5.74, 6) is -0.736. The van der Waals surface area contributed by atoms with Gasteiger partial charge < -0.3 is 4.74 Å². The maximum atomic E-state index is 13.4. The van der Waals surface area contributed by atoms with E-state index in [1.54, 1.807) is 20.8 Å². The average molecular weight is 474 g/mol. The highest BCUT2D eigenvalue weighted by Crippen LogP contribution is 2.35. The monoisotopic (exact) mass is 473 g/mol. The third kappa shape index (κ3) is 5.32. The SMILES string of the molecule is CCOC(=O)Cn1ncc2c1CCC[C@H]2NS(=O)(=O)c1cc(C(C)C)cc(C(F)(F)F)c1. The van der Waals surface area contributed by atoms with Crippen LogP contribution < -0.4 is 4.72 Å². The molecule has 0 saturated carbocycles. The highest BCUT2D eigenvalue weighted by molar-refractivity contribution is 7.89. The Balaban J connectivity index is 1.91. The van der Waals surface area contributed by atoms with Gasteiger partial charge in [-0.05, 0) is 55.9 Å². The fourth-order valence-electron chi connectivity index (χ4n) is 3.74. The van der Waals surface area contributed by atoms with E-state index in [0.717, 1.165) is 6.07 Å². The van der Waals surface area contributed by atoms with Crippen molar-refractivity contribution >= 4 is 16.0 Å². The summed E-state index contributed by atoms with van der Waals surface area (Å²) >= 11 is 0. The summed E-state index contributed by atoms with van der Waals surface area (Å²) in [6.07, 6.45) is -1.47. The van der Waals surface area contributed by atoms with Crippen LogP contribution >= 0.6 is 0 Å². The number of aromatic nitrogens is 2. The Labute approximate surface area is 185 Å². The van der Waals surface area contributed by atoms with Gasteiger partial charge in [-0.15, -0.1) is 0 Å². The minimum Gasteiger partial charge on any atom is -0.465 e. The summed E-state index contributed by atoms with van der Waals surface area (Å²) in [5, 5.41) is 4.19. The molecule has 1 aromatic carbocycles. The largest absolute Gasteiger partial charge is 0.465 e. The van der Waals surface area contributed by atoms with Gasteiger partial charge in [0.2, 0.25) is 10.0 Å². The minimum absolute atomic E-state index is 0.0893. The second-order valence-electron chi connectivity index (χ2n) is 8.02. The molecule has 1 aromatic heterocycles. The molecule has 11 heteroatoms. The first-order chi connectivity index (χ1) is 14.9. The van der Waals surface area contributed by atoms with E-state index >= 15 is 0 Å². The normalized spacial score (nSPS) is 16.8. The summed E-state index contributed by atoms with van der Waals surface area (Å²) in [7, 11) is -4.24. The number of fused-ring (bicyclic) bond motifs is 1. The first-order valence-electron chi connectivity index (χ1n) is 10.4. The van der Waals surface area contributed by atoms with E-state index < -0.39 is 38.7 Å². The predicted octanol–water partition coefficient (Wildman–Crippen LogP) is 3.94. The Morgan fingerprint density at radius 2 is 2.03 bits per heavy atom. The van der Waals surface area contributed by atoms with E-state index in [2.05, 4.69) is 9.82 Å². The van der Waals surface area contributed by atoms with Gasteiger partial charge in [0, 0.05) is 11.3 Å². The van der Waals surface area contributed by atoms with Gasteiger partial charge in [-0.25, -0.2) is 13.1 Å². The Morgan fingerprint density at radius 3 is 2.66 bits per heavy atom. The van der Waals surface area contributed by atoms with Crippen LogP contribution in [0.15, 0.2) is 29.3 Å². The summed E-state index contributed by atoms with van der Waals surface area (Å²) in [4.78, 5) is 11.4. The van der Waals surface area contributed by atoms with E-state index in [4.69, 9.17) is 4.74 Å². The minimum atomic E-state index is -4.67. The fraction of sp³-hybridized carbons (Fsp3) is 0.524. The van der Waals surface area contributed by atoms with E-state index in [1.165, 1.54) is 16.9 Å². The number of alkyl halides is 3. The van der Waals surface area contributed by atoms with Gasteiger partial charge >= 0.3 is 12.1 Å². The summed E-state index contributed by atoms with van der Waals surface area (Å²) in [6.45, 7) is 5.24. The molecule has 3 rings (SSSR count). The van der Waals surface area contributed by atoms with Gasteiger partial charge in [-0.3, -0.25) is 9.48 Å². The van der Waals surface area contributed by atoms with E-state index in [-0.39, 0.29) is 24.6 Å². The Kier molecular flexibility index (Phi) is 6.99. The lowest BCUT2D eigenvalue weighted by Crippen LogP contribution is -2.31. The van der Waals surface area contributed by atoms with Gasteiger partial charge in [0.05, 0.1) is 29.3 Å². The van der Waals surface area contributed by atoms with Gasteiger partial charge in [-0.2, -0.15) is 18.3 Å². The molecular formula is C21H26F3N3O4S. The summed E-state index contributed by atoms with van der Waals surface area (Å²) in [5.41, 5.74) is 0.603. The number of benzene rings is 1. The third-order valence-electron chi connectivity index (χ3n) is 5.38. The second-order valence-corrected chi connectivity index (χ2v) is 9.73. The Hall–Kier alpha value is -2.40. The van der Waals surface area contributed by atoms with Gasteiger partial charge in [-0.1, -0.05) is 13.8 Å². The molecule has 0 fully saturated rings. The molecule has 1 aliphatic carbocycles. The molecule has 0 bridgehead atoms. The van der Waals surface area contributed by atoms with Crippen LogP contribution in [0.2, 0.25) is 0 Å². The van der Waals surface area contributed by atoms with Crippen LogP contribution in [-0.2, 0) is 38.7 Å². The molecule has 1 N–H and O–H groups in total. The molecule has 32 heavy (non-hydrogen) atoms. The van der Waals surface area contributed by atoms with Crippen molar-refractivity contribution in [3.8, 4) is 0 Å². The maximum absolute atomic E-state index is 13.4. The highest BCUT2D eigenvalue weighted by atomic mass is 32.2. The standard InChI is InChI=1S/C21H26F3N3O4S/c1-4-31-20(28)12-27-19-7-5-6-18(17(19)11-25-27)26-32(29,30)16-9-14(13(2)3)8-15(10-16)21(22,23)24/h8-11,13,18,26H,4-7,12H2,1-3H3/t18-/m1/s1. The number of carbonyl (C=O) groups is 1. The number of nitrogens with one attached hydrogen (secondary N) is 1. The van der Waals surface area contributed by atoms with Crippen molar-refractivity contribution in [1.29, 1.82) is 0 Å². The molecule has 0 radical (unpaired) electrons. The zero-order valence-electron chi connectivity index (χ0n) is 18.1. The zero-order chi connectivity index (χ0) is 23.7. The topological polar surface area (TPSA) is 90.3 Å². The highest BCUT2D eigenvalue weighted by Gasteiger charge is 2.34. The average Bonchev–Trinajstić information content (AvgIpc) is 3.10. The lowest BCUT2D eigenvalue weighted by molar-refractivity contribution is -0.144. The smallest absolute Gasteiger partial charge is 0.416 e. The number of hydrogen-bond acceptors (Lipinski definition) is 5. The number of nitrogens with zero attached hydrogens (tertiary/aromatic N) is 2. The van der Waals surface area contributed by atoms with E-state index in [9.17, 15) is 26.4 Å². The van der Waals surface area contributed by atoms with Crippen molar-refractivity contribution in [2.45, 2.75) is 69.6 Å². The fourth-order valence-corrected chi connectivity index (χ4v) is 5.06. The van der Waals surface area contributed by atoms with Gasteiger partial charge in [0.25, 0.3) is 0 Å². The lowest BCUT2D eigenvalue weighted by Gasteiger charge is -2.24. The van der Waals surface area contributed by atoms with Crippen molar-refractivity contribution in [3.05, 3.63) is 46.8 Å². The number of hydrogen-bond donors (Lipinski definition) is 1. The number of carbonyl (C=O) groups excluding carboxylic acids is 1. The van der Waals surface area contributed by atoms with E-state index in [0.29, 0.717) is 36.6 Å². The van der Waals surface area contributed by atoms with Crippen LogP contribution in [0.3, 0.4) is 0 Å². The van der Waals surface area contributed by atoms with Crippen molar-refractivity contribution in [2.75, 3.05) is 6.61 Å². The van der Waals surface area contributed by atoms with Crippen molar-refractivity contribution in [1.82, 2.24) is 14.5 Å². The molecule has 1 atom stereocenters. The molecular weight excluding hydrogens is 447 g/mol. The molecule has 1 heterocycles.